The maximum Gasteiger partial charge on any atom is 0.372 e. The first-order chi connectivity index (χ1) is 8.33. The largest absolute Gasteiger partial charge is 0.372 e. The quantitative estimate of drug-likeness (QED) is 0.730. The highest BCUT2D eigenvalue weighted by molar-refractivity contribution is 5.89. The van der Waals surface area contributed by atoms with Gasteiger partial charge in [-0.1, -0.05) is 43.3 Å². The summed E-state index contributed by atoms with van der Waals surface area (Å²) in [5.74, 6) is 0.0994. The molecule has 0 fully saturated rings. The van der Waals surface area contributed by atoms with Crippen molar-refractivity contribution >= 4 is 17.3 Å². The van der Waals surface area contributed by atoms with Crippen molar-refractivity contribution < 1.29 is 4.79 Å². The van der Waals surface area contributed by atoms with Crippen LogP contribution in [0.25, 0.3) is 0 Å². The van der Waals surface area contributed by atoms with Gasteiger partial charge in [0.1, 0.15) is 0 Å². The molecule has 2 rings (SSSR count). The van der Waals surface area contributed by atoms with Crippen LogP contribution in [0.2, 0.25) is 0 Å². The molecular weight excluding hydrogens is 210 g/mol. The summed E-state index contributed by atoms with van der Waals surface area (Å²) in [6, 6.07) is 19.4. The molecule has 0 aromatic heterocycles. The summed E-state index contributed by atoms with van der Waals surface area (Å²) in [5, 5.41) is 0. The van der Waals surface area contributed by atoms with E-state index in [1.54, 1.807) is 4.90 Å². The molecule has 0 unspecified atom stereocenters. The second-order valence-corrected chi connectivity index (χ2v) is 3.75. The van der Waals surface area contributed by atoms with Crippen LogP contribution in [0.1, 0.15) is 13.3 Å². The van der Waals surface area contributed by atoms with Crippen molar-refractivity contribution in [3.63, 3.8) is 0 Å². The molecule has 0 N–H and O–H groups in total. The van der Waals surface area contributed by atoms with Crippen molar-refractivity contribution in [2.24, 2.45) is 0 Å². The van der Waals surface area contributed by atoms with Gasteiger partial charge in [-0.15, -0.1) is 0 Å². The highest BCUT2D eigenvalue weighted by Gasteiger charge is 2.29. The zero-order valence-corrected chi connectivity index (χ0v) is 9.84. The number of hydrogen-bond acceptors (Lipinski definition) is 1. The topological polar surface area (TPSA) is 23.0 Å². The van der Waals surface area contributed by atoms with Gasteiger partial charge in [-0.05, 0) is 4.90 Å². The van der Waals surface area contributed by atoms with Gasteiger partial charge in [0.05, 0.1) is 6.42 Å². The Bertz CT molecular complexity index is 439. The minimum atomic E-state index is 0.0994. The van der Waals surface area contributed by atoms with Gasteiger partial charge < -0.3 is 0 Å². The summed E-state index contributed by atoms with van der Waals surface area (Å²) in [6.07, 6.45) is 0.490. The molecule has 2 nitrogen and oxygen atoms in total. The van der Waals surface area contributed by atoms with Crippen LogP contribution >= 0.6 is 0 Å². The number of anilines is 2. The first-order valence-corrected chi connectivity index (χ1v) is 5.76. The SMILES string of the molecule is CCC(=O)[N+](c1ccccc1)c1ccccc1. The van der Waals surface area contributed by atoms with E-state index in [1.165, 1.54) is 0 Å². The molecule has 2 aromatic carbocycles. The fourth-order valence-electron chi connectivity index (χ4n) is 1.75. The maximum absolute atomic E-state index is 12.0. The number of carbonyl (C=O) groups is 1. The van der Waals surface area contributed by atoms with E-state index in [9.17, 15) is 4.79 Å². The van der Waals surface area contributed by atoms with Crippen LogP contribution < -0.4 is 4.90 Å². The third-order valence-corrected chi connectivity index (χ3v) is 2.58. The van der Waals surface area contributed by atoms with E-state index >= 15 is 0 Å². The average Bonchev–Trinajstić information content (AvgIpc) is 2.41. The third kappa shape index (κ3) is 2.60. The van der Waals surface area contributed by atoms with E-state index < -0.39 is 0 Å². The van der Waals surface area contributed by atoms with E-state index in [-0.39, 0.29) is 5.91 Å². The minimum absolute atomic E-state index is 0.0994. The van der Waals surface area contributed by atoms with Crippen molar-refractivity contribution in [1.82, 2.24) is 4.90 Å². The molecule has 2 heteroatoms. The lowest BCUT2D eigenvalue weighted by atomic mass is 10.2. The highest BCUT2D eigenvalue weighted by Crippen LogP contribution is 2.24. The molecule has 0 aliphatic rings. The summed E-state index contributed by atoms with van der Waals surface area (Å²) < 4.78 is 0. The zero-order valence-electron chi connectivity index (χ0n) is 9.84. The zero-order chi connectivity index (χ0) is 12.1. The monoisotopic (exact) mass is 225 g/mol. The van der Waals surface area contributed by atoms with Gasteiger partial charge in [0.25, 0.3) is 0 Å². The molecule has 0 aliphatic carbocycles. The lowest BCUT2D eigenvalue weighted by Gasteiger charge is -2.07. The summed E-state index contributed by atoms with van der Waals surface area (Å²) >= 11 is 0. The second kappa shape index (κ2) is 5.41. The van der Waals surface area contributed by atoms with Gasteiger partial charge in [-0.3, -0.25) is 0 Å². The Morgan fingerprint density at radius 2 is 1.29 bits per heavy atom. The minimum Gasteiger partial charge on any atom is -0.224 e. The predicted octanol–water partition coefficient (Wildman–Crippen LogP) is 3.73. The molecule has 85 valence electrons. The van der Waals surface area contributed by atoms with E-state index in [0.717, 1.165) is 11.4 Å². The standard InChI is InChI=1S/C15H15NO/c1-2-15(17)16(13-9-5-3-6-10-13)14-11-7-4-8-12-14/h3-12H,2H2,1H3/q+1. The normalized spacial score (nSPS) is 10.5. The first-order valence-electron chi connectivity index (χ1n) is 5.76. The van der Waals surface area contributed by atoms with Crippen LogP contribution in [0.15, 0.2) is 60.7 Å². The Balaban J connectivity index is 2.43. The van der Waals surface area contributed by atoms with Crippen molar-refractivity contribution in [2.75, 3.05) is 0 Å². The molecule has 1 amide bonds. The van der Waals surface area contributed by atoms with Crippen LogP contribution in [0.4, 0.5) is 11.4 Å². The molecule has 17 heavy (non-hydrogen) atoms. The van der Waals surface area contributed by atoms with Crippen molar-refractivity contribution in [3.05, 3.63) is 60.7 Å². The van der Waals surface area contributed by atoms with E-state index in [2.05, 4.69) is 0 Å². The van der Waals surface area contributed by atoms with Crippen LogP contribution in [0, 0.1) is 0 Å². The number of hydrogen-bond donors (Lipinski definition) is 0. The number of nitrogens with zero attached hydrogens (tertiary/aromatic N) is 1. The number of benzene rings is 2. The Kier molecular flexibility index (Phi) is 3.68. The van der Waals surface area contributed by atoms with Gasteiger partial charge in [0.15, 0.2) is 11.4 Å². The van der Waals surface area contributed by atoms with Gasteiger partial charge >= 0.3 is 5.91 Å². The van der Waals surface area contributed by atoms with Crippen LogP contribution in [-0.4, -0.2) is 5.91 Å². The molecular formula is C15H15NO+. The first kappa shape index (κ1) is 11.6. The maximum atomic E-state index is 12.0. The lowest BCUT2D eigenvalue weighted by molar-refractivity contribution is -0.122. The van der Waals surface area contributed by atoms with Crippen molar-refractivity contribution in [3.8, 4) is 0 Å². The van der Waals surface area contributed by atoms with Crippen LogP contribution in [-0.2, 0) is 4.79 Å². The molecule has 0 saturated carbocycles. The van der Waals surface area contributed by atoms with Gasteiger partial charge in [-0.25, -0.2) is 4.79 Å². The molecule has 0 aliphatic heterocycles. The summed E-state index contributed by atoms with van der Waals surface area (Å²) in [7, 11) is 0. The fraction of sp³-hybridized carbons (Fsp3) is 0.133. The summed E-state index contributed by atoms with van der Waals surface area (Å²) in [5.41, 5.74) is 1.82. The molecule has 0 spiro atoms. The van der Waals surface area contributed by atoms with Crippen LogP contribution in [0.3, 0.4) is 0 Å². The van der Waals surface area contributed by atoms with Gasteiger partial charge in [0.2, 0.25) is 0 Å². The summed E-state index contributed by atoms with van der Waals surface area (Å²) in [4.78, 5) is 13.8. The molecule has 0 atom stereocenters. The number of amides is 1. The number of carbonyl (C=O) groups excluding carboxylic acids is 1. The smallest absolute Gasteiger partial charge is 0.224 e. The Labute approximate surface area is 102 Å². The van der Waals surface area contributed by atoms with Crippen molar-refractivity contribution in [2.45, 2.75) is 13.3 Å². The van der Waals surface area contributed by atoms with Gasteiger partial charge in [-0.2, -0.15) is 0 Å². The Morgan fingerprint density at radius 3 is 1.65 bits per heavy atom. The van der Waals surface area contributed by atoms with E-state index in [4.69, 9.17) is 0 Å². The Morgan fingerprint density at radius 1 is 0.882 bits per heavy atom. The number of rotatable bonds is 3. The third-order valence-electron chi connectivity index (χ3n) is 2.58. The summed E-state index contributed by atoms with van der Waals surface area (Å²) in [6.45, 7) is 1.88. The Hall–Kier alpha value is -1.93. The molecule has 1 radical (unpaired) electrons. The molecule has 0 heterocycles. The van der Waals surface area contributed by atoms with Crippen molar-refractivity contribution in [1.29, 1.82) is 0 Å². The molecule has 0 saturated heterocycles. The van der Waals surface area contributed by atoms with E-state index in [0.29, 0.717) is 6.42 Å². The van der Waals surface area contributed by atoms with Crippen LogP contribution in [0.5, 0.6) is 0 Å². The second-order valence-electron chi connectivity index (χ2n) is 3.75. The number of para-hydroxylation sites is 2. The highest BCUT2D eigenvalue weighted by atomic mass is 16.2. The van der Waals surface area contributed by atoms with Gasteiger partial charge in [0, 0.05) is 24.3 Å². The fourth-order valence-corrected chi connectivity index (χ4v) is 1.75. The predicted molar refractivity (Wildman–Crippen MR) is 69.6 cm³/mol. The molecule has 2 aromatic rings. The van der Waals surface area contributed by atoms with E-state index in [1.807, 2.05) is 67.6 Å². The average molecular weight is 225 g/mol. The molecule has 0 bridgehead atoms. The lowest BCUT2D eigenvalue weighted by Crippen LogP contribution is -2.25.